The molecule has 1 aliphatic rings. The zero-order valence-corrected chi connectivity index (χ0v) is 7.31. The minimum atomic E-state index is -0.575. The molecule has 0 radical (unpaired) electrons. The zero-order valence-electron chi connectivity index (χ0n) is 7.31. The molecule has 1 heterocycles. The van der Waals surface area contributed by atoms with E-state index in [0.29, 0.717) is 0 Å². The van der Waals surface area contributed by atoms with Crippen LogP contribution >= 0.6 is 0 Å². The van der Waals surface area contributed by atoms with E-state index in [0.717, 1.165) is 12.8 Å². The van der Waals surface area contributed by atoms with E-state index < -0.39 is 5.60 Å². The Labute approximate surface area is 67.1 Å². The van der Waals surface area contributed by atoms with Crippen molar-refractivity contribution in [2.45, 2.75) is 38.4 Å². The summed E-state index contributed by atoms with van der Waals surface area (Å²) >= 11 is 0. The number of nitrogens with one attached hydrogen (secondary N) is 1. The summed E-state index contributed by atoms with van der Waals surface area (Å²) in [6.07, 6.45) is 2.02. The minimum Gasteiger partial charge on any atom is -0.363 e. The van der Waals surface area contributed by atoms with Crippen LogP contribution in [0.4, 0.5) is 0 Å². The number of likely N-dealkylation sites (N-methyl/N-ethyl adjacent to an activating group) is 1. The highest BCUT2D eigenvalue weighted by Crippen LogP contribution is 2.29. The Morgan fingerprint density at radius 3 is 2.73 bits per heavy atom. The number of rotatable bonds is 1. The highest BCUT2D eigenvalue weighted by Gasteiger charge is 2.40. The average Bonchev–Trinajstić information content (AvgIpc) is 2.31. The molecule has 2 unspecified atom stereocenters. The summed E-state index contributed by atoms with van der Waals surface area (Å²) in [6.45, 7) is 3.84. The Morgan fingerprint density at radius 2 is 2.36 bits per heavy atom. The van der Waals surface area contributed by atoms with Crippen LogP contribution in [0.25, 0.3) is 0 Å². The molecular weight excluding hydrogens is 142 g/mol. The molecule has 1 saturated heterocycles. The third kappa shape index (κ3) is 1.53. The summed E-state index contributed by atoms with van der Waals surface area (Å²) in [4.78, 5) is 11.2. The number of carbonyl (C=O) groups excluding carboxylic acids is 1. The third-order valence-corrected chi connectivity index (χ3v) is 2.20. The number of amides is 1. The van der Waals surface area contributed by atoms with E-state index in [9.17, 15) is 4.79 Å². The Bertz CT molecular complexity index is 169. The van der Waals surface area contributed by atoms with E-state index in [2.05, 4.69) is 5.32 Å². The van der Waals surface area contributed by atoms with Crippen molar-refractivity contribution in [2.24, 2.45) is 0 Å². The maximum absolute atomic E-state index is 11.2. The molecule has 1 fully saturated rings. The molecule has 0 spiro atoms. The van der Waals surface area contributed by atoms with E-state index >= 15 is 0 Å². The first-order valence-electron chi connectivity index (χ1n) is 3.98. The molecule has 0 aliphatic carbocycles. The van der Waals surface area contributed by atoms with Crippen LogP contribution in [-0.4, -0.2) is 24.7 Å². The Morgan fingerprint density at radius 1 is 1.73 bits per heavy atom. The van der Waals surface area contributed by atoms with Gasteiger partial charge in [0, 0.05) is 7.05 Å². The van der Waals surface area contributed by atoms with Gasteiger partial charge in [0.2, 0.25) is 0 Å². The summed E-state index contributed by atoms with van der Waals surface area (Å²) in [5.41, 5.74) is -0.575. The first-order valence-corrected chi connectivity index (χ1v) is 3.98. The zero-order chi connectivity index (χ0) is 8.48. The van der Waals surface area contributed by atoms with Crippen LogP contribution < -0.4 is 5.32 Å². The molecule has 0 saturated carbocycles. The van der Waals surface area contributed by atoms with Crippen molar-refractivity contribution < 1.29 is 9.53 Å². The topological polar surface area (TPSA) is 38.3 Å². The second kappa shape index (κ2) is 2.81. The normalized spacial score (nSPS) is 37.2. The number of hydrogen-bond acceptors (Lipinski definition) is 2. The smallest absolute Gasteiger partial charge is 0.251 e. The molecular formula is C8H15NO2. The van der Waals surface area contributed by atoms with E-state index in [-0.39, 0.29) is 12.0 Å². The van der Waals surface area contributed by atoms with Crippen LogP contribution in [-0.2, 0) is 9.53 Å². The molecule has 3 heteroatoms. The predicted octanol–water partition coefficient (Wildman–Crippen LogP) is 0.690. The van der Waals surface area contributed by atoms with Gasteiger partial charge in [-0.2, -0.15) is 0 Å². The molecule has 64 valence electrons. The number of ether oxygens (including phenoxy) is 1. The highest BCUT2D eigenvalue weighted by atomic mass is 16.5. The van der Waals surface area contributed by atoms with E-state index in [1.54, 1.807) is 7.05 Å². The maximum Gasteiger partial charge on any atom is 0.251 e. The van der Waals surface area contributed by atoms with Gasteiger partial charge in [0.05, 0.1) is 6.10 Å². The van der Waals surface area contributed by atoms with Gasteiger partial charge in [0.15, 0.2) is 0 Å². The molecule has 0 aromatic rings. The highest BCUT2D eigenvalue weighted by molar-refractivity contribution is 5.84. The summed E-state index contributed by atoms with van der Waals surface area (Å²) in [7, 11) is 1.64. The van der Waals surface area contributed by atoms with Gasteiger partial charge in [0.25, 0.3) is 5.91 Å². The molecule has 11 heavy (non-hydrogen) atoms. The molecule has 1 amide bonds. The van der Waals surface area contributed by atoms with Gasteiger partial charge in [-0.3, -0.25) is 4.79 Å². The molecule has 3 nitrogen and oxygen atoms in total. The Balaban J connectivity index is 2.61. The molecule has 0 bridgehead atoms. The summed E-state index contributed by atoms with van der Waals surface area (Å²) in [5.74, 6) is -0.0122. The van der Waals surface area contributed by atoms with Crippen LogP contribution in [0.1, 0.15) is 26.7 Å². The molecule has 0 aromatic carbocycles. The van der Waals surface area contributed by atoms with Crippen molar-refractivity contribution in [2.75, 3.05) is 7.05 Å². The fourth-order valence-corrected chi connectivity index (χ4v) is 1.47. The van der Waals surface area contributed by atoms with Crippen molar-refractivity contribution in [3.05, 3.63) is 0 Å². The predicted molar refractivity (Wildman–Crippen MR) is 42.3 cm³/mol. The van der Waals surface area contributed by atoms with Gasteiger partial charge in [-0.25, -0.2) is 0 Å². The monoisotopic (exact) mass is 157 g/mol. The maximum atomic E-state index is 11.2. The van der Waals surface area contributed by atoms with Crippen molar-refractivity contribution in [1.29, 1.82) is 0 Å². The first-order chi connectivity index (χ1) is 5.08. The van der Waals surface area contributed by atoms with Gasteiger partial charge >= 0.3 is 0 Å². The van der Waals surface area contributed by atoms with Crippen LogP contribution in [0, 0.1) is 0 Å². The average molecular weight is 157 g/mol. The van der Waals surface area contributed by atoms with Gasteiger partial charge in [-0.05, 0) is 26.7 Å². The largest absolute Gasteiger partial charge is 0.363 e. The van der Waals surface area contributed by atoms with Crippen molar-refractivity contribution >= 4 is 5.91 Å². The van der Waals surface area contributed by atoms with Crippen LogP contribution in [0.2, 0.25) is 0 Å². The quantitative estimate of drug-likeness (QED) is 0.608. The fourth-order valence-electron chi connectivity index (χ4n) is 1.47. The second-order valence-corrected chi connectivity index (χ2v) is 3.28. The second-order valence-electron chi connectivity index (χ2n) is 3.28. The lowest BCUT2D eigenvalue weighted by Gasteiger charge is -2.21. The lowest BCUT2D eigenvalue weighted by atomic mass is 10.0. The lowest BCUT2D eigenvalue weighted by Crippen LogP contribution is -2.42. The molecule has 1 rings (SSSR count). The summed E-state index contributed by atoms with van der Waals surface area (Å²) in [6, 6.07) is 0. The molecule has 2 atom stereocenters. The summed E-state index contributed by atoms with van der Waals surface area (Å²) < 4.78 is 5.49. The van der Waals surface area contributed by atoms with Crippen molar-refractivity contribution in [3.8, 4) is 0 Å². The van der Waals surface area contributed by atoms with Gasteiger partial charge in [-0.15, -0.1) is 0 Å². The lowest BCUT2D eigenvalue weighted by molar-refractivity contribution is -0.142. The Kier molecular flexibility index (Phi) is 2.18. The standard InChI is InChI=1S/C8H15NO2/c1-6-4-5-8(2,11-6)7(10)9-3/h6H,4-5H2,1-3H3,(H,9,10). The van der Waals surface area contributed by atoms with Gasteiger partial charge in [0.1, 0.15) is 5.60 Å². The fraction of sp³-hybridized carbons (Fsp3) is 0.875. The molecule has 0 aromatic heterocycles. The van der Waals surface area contributed by atoms with E-state index in [1.165, 1.54) is 0 Å². The molecule has 1 aliphatic heterocycles. The van der Waals surface area contributed by atoms with E-state index in [4.69, 9.17) is 4.74 Å². The first kappa shape index (κ1) is 8.53. The van der Waals surface area contributed by atoms with Gasteiger partial charge < -0.3 is 10.1 Å². The summed E-state index contributed by atoms with van der Waals surface area (Å²) in [5, 5.41) is 2.60. The van der Waals surface area contributed by atoms with E-state index in [1.807, 2.05) is 13.8 Å². The van der Waals surface area contributed by atoms with Crippen LogP contribution in [0.3, 0.4) is 0 Å². The SMILES string of the molecule is CNC(=O)C1(C)CCC(C)O1. The minimum absolute atomic E-state index is 0.0122. The Hall–Kier alpha value is -0.570. The van der Waals surface area contributed by atoms with Crippen LogP contribution in [0.5, 0.6) is 0 Å². The van der Waals surface area contributed by atoms with Crippen molar-refractivity contribution in [1.82, 2.24) is 5.32 Å². The third-order valence-electron chi connectivity index (χ3n) is 2.20. The number of hydrogen-bond donors (Lipinski definition) is 1. The van der Waals surface area contributed by atoms with Crippen molar-refractivity contribution in [3.63, 3.8) is 0 Å². The number of carbonyl (C=O) groups is 1. The van der Waals surface area contributed by atoms with Crippen LogP contribution in [0.15, 0.2) is 0 Å². The molecule has 1 N–H and O–H groups in total. The van der Waals surface area contributed by atoms with Gasteiger partial charge in [-0.1, -0.05) is 0 Å².